The third kappa shape index (κ3) is 4.18. The van der Waals surface area contributed by atoms with E-state index in [1.807, 2.05) is 6.07 Å². The fraction of sp³-hybridized carbons (Fsp3) is 0.111. The number of halogens is 2. The van der Waals surface area contributed by atoms with Crippen LogP contribution in [-0.2, 0) is 0 Å². The summed E-state index contributed by atoms with van der Waals surface area (Å²) in [6, 6.07) is 8.80. The van der Waals surface area contributed by atoms with Gasteiger partial charge >= 0.3 is 10.7 Å². The number of rotatable bonds is 3. The second-order valence-corrected chi connectivity index (χ2v) is 3.37. The monoisotopic (exact) mass is 246 g/mol. The van der Waals surface area contributed by atoms with Crippen LogP contribution in [0.1, 0.15) is 11.7 Å². The molecule has 0 spiro atoms. The SMILES string of the molecule is O=C(Cl)NC(NC(=O)Cl)c1ccccc1. The standard InChI is InChI=1S/C9H8Cl2N2O2/c10-8(14)12-7(13-9(11)15)6-4-2-1-3-5-6/h1-5,7H,(H,12,14)(H,13,15). The summed E-state index contributed by atoms with van der Waals surface area (Å²) in [6.07, 6.45) is -0.721. The molecule has 0 saturated heterocycles. The van der Waals surface area contributed by atoms with Crippen molar-refractivity contribution in [2.45, 2.75) is 6.17 Å². The summed E-state index contributed by atoms with van der Waals surface area (Å²) in [5.41, 5.74) is 0.681. The molecule has 0 heterocycles. The Labute approximate surface area is 96.6 Å². The Balaban J connectivity index is 2.81. The fourth-order valence-corrected chi connectivity index (χ4v) is 1.29. The Morgan fingerprint density at radius 3 is 1.87 bits per heavy atom. The molecule has 6 heteroatoms. The maximum atomic E-state index is 10.7. The van der Waals surface area contributed by atoms with E-state index in [1.165, 1.54) is 0 Å². The largest absolute Gasteiger partial charge is 0.318 e. The molecule has 0 aliphatic carbocycles. The molecule has 2 amide bonds. The lowest BCUT2D eigenvalue weighted by Crippen LogP contribution is -2.36. The van der Waals surface area contributed by atoms with Crippen LogP contribution in [0.5, 0.6) is 0 Å². The fourth-order valence-electron chi connectivity index (χ4n) is 1.08. The van der Waals surface area contributed by atoms with Crippen LogP contribution in [0.25, 0.3) is 0 Å². The summed E-state index contributed by atoms with van der Waals surface area (Å²) in [4.78, 5) is 21.3. The van der Waals surface area contributed by atoms with Gasteiger partial charge in [-0.3, -0.25) is 9.59 Å². The average Bonchev–Trinajstić information content (AvgIpc) is 2.17. The van der Waals surface area contributed by atoms with E-state index in [9.17, 15) is 9.59 Å². The van der Waals surface area contributed by atoms with Crippen LogP contribution < -0.4 is 10.6 Å². The van der Waals surface area contributed by atoms with Gasteiger partial charge in [-0.15, -0.1) is 0 Å². The van der Waals surface area contributed by atoms with Gasteiger partial charge in [0.15, 0.2) is 0 Å². The Kier molecular flexibility index (Phi) is 4.39. The van der Waals surface area contributed by atoms with Crippen molar-refractivity contribution in [1.29, 1.82) is 0 Å². The number of amides is 2. The van der Waals surface area contributed by atoms with Crippen molar-refractivity contribution in [3.63, 3.8) is 0 Å². The molecule has 15 heavy (non-hydrogen) atoms. The lowest BCUT2D eigenvalue weighted by Gasteiger charge is -2.17. The van der Waals surface area contributed by atoms with Gasteiger partial charge in [-0.25, -0.2) is 0 Å². The van der Waals surface area contributed by atoms with E-state index in [0.717, 1.165) is 0 Å². The van der Waals surface area contributed by atoms with E-state index in [-0.39, 0.29) is 0 Å². The highest BCUT2D eigenvalue weighted by molar-refractivity contribution is 6.63. The Bertz CT molecular complexity index is 340. The minimum absolute atomic E-state index is 0.681. The summed E-state index contributed by atoms with van der Waals surface area (Å²) >= 11 is 10.3. The van der Waals surface area contributed by atoms with E-state index in [1.54, 1.807) is 24.3 Å². The van der Waals surface area contributed by atoms with Gasteiger partial charge in [0.05, 0.1) is 0 Å². The zero-order chi connectivity index (χ0) is 11.3. The Morgan fingerprint density at radius 1 is 1.00 bits per heavy atom. The van der Waals surface area contributed by atoms with E-state index in [0.29, 0.717) is 5.56 Å². The number of nitrogens with one attached hydrogen (secondary N) is 2. The molecule has 0 saturated carbocycles. The van der Waals surface area contributed by atoms with E-state index in [4.69, 9.17) is 23.2 Å². The van der Waals surface area contributed by atoms with Crippen LogP contribution in [0.2, 0.25) is 0 Å². The molecule has 4 nitrogen and oxygen atoms in total. The molecule has 1 aromatic rings. The molecule has 0 radical (unpaired) electrons. The van der Waals surface area contributed by atoms with E-state index < -0.39 is 16.9 Å². The van der Waals surface area contributed by atoms with Crippen molar-refractivity contribution < 1.29 is 9.59 Å². The van der Waals surface area contributed by atoms with Crippen molar-refractivity contribution in [3.05, 3.63) is 35.9 Å². The Hall–Kier alpha value is -1.26. The van der Waals surface area contributed by atoms with Gasteiger partial charge < -0.3 is 10.6 Å². The predicted octanol–water partition coefficient (Wildman–Crippen LogP) is 2.58. The van der Waals surface area contributed by atoms with Gasteiger partial charge in [0.2, 0.25) is 0 Å². The second kappa shape index (κ2) is 5.58. The first-order chi connectivity index (χ1) is 7.09. The van der Waals surface area contributed by atoms with E-state index in [2.05, 4.69) is 10.6 Å². The summed E-state index contributed by atoms with van der Waals surface area (Å²) in [7, 11) is 0. The molecule has 0 atom stereocenters. The Morgan fingerprint density at radius 2 is 1.47 bits per heavy atom. The summed E-state index contributed by atoms with van der Waals surface area (Å²) in [5, 5.41) is 3.14. The highest BCUT2D eigenvalue weighted by atomic mass is 35.5. The van der Waals surface area contributed by atoms with Crippen LogP contribution in [0.4, 0.5) is 9.59 Å². The molecule has 0 bridgehead atoms. The van der Waals surface area contributed by atoms with Crippen molar-refractivity contribution in [2.24, 2.45) is 0 Å². The van der Waals surface area contributed by atoms with Gasteiger partial charge in [0.1, 0.15) is 6.17 Å². The van der Waals surface area contributed by atoms with Gasteiger partial charge in [-0.1, -0.05) is 30.3 Å². The van der Waals surface area contributed by atoms with Crippen LogP contribution in [0, 0.1) is 0 Å². The van der Waals surface area contributed by atoms with Crippen LogP contribution in [0.3, 0.4) is 0 Å². The van der Waals surface area contributed by atoms with Crippen molar-refractivity contribution in [1.82, 2.24) is 10.6 Å². The lowest BCUT2D eigenvalue weighted by atomic mass is 10.2. The van der Waals surface area contributed by atoms with Crippen LogP contribution >= 0.6 is 23.2 Å². The zero-order valence-corrected chi connectivity index (χ0v) is 9.05. The number of hydrogen-bond acceptors (Lipinski definition) is 2. The first-order valence-corrected chi connectivity index (χ1v) is 4.82. The average molecular weight is 247 g/mol. The molecule has 0 aromatic heterocycles. The van der Waals surface area contributed by atoms with Crippen molar-refractivity contribution in [2.75, 3.05) is 0 Å². The van der Waals surface area contributed by atoms with Gasteiger partial charge in [0, 0.05) is 0 Å². The maximum Gasteiger partial charge on any atom is 0.315 e. The lowest BCUT2D eigenvalue weighted by molar-refractivity contribution is 0.247. The minimum atomic E-state index is -0.769. The van der Waals surface area contributed by atoms with Crippen molar-refractivity contribution >= 4 is 33.9 Å². The molecule has 0 aliphatic heterocycles. The quantitative estimate of drug-likeness (QED) is 0.490. The maximum absolute atomic E-state index is 10.7. The highest BCUT2D eigenvalue weighted by Crippen LogP contribution is 2.10. The van der Waals surface area contributed by atoms with Crippen molar-refractivity contribution in [3.8, 4) is 0 Å². The van der Waals surface area contributed by atoms with Gasteiger partial charge in [-0.05, 0) is 28.8 Å². The summed E-state index contributed by atoms with van der Waals surface area (Å²) < 4.78 is 0. The third-order valence-electron chi connectivity index (χ3n) is 1.65. The van der Waals surface area contributed by atoms with Crippen LogP contribution in [0.15, 0.2) is 30.3 Å². The molecule has 1 rings (SSSR count). The highest BCUT2D eigenvalue weighted by Gasteiger charge is 2.14. The predicted molar refractivity (Wildman–Crippen MR) is 58.0 cm³/mol. The molecule has 80 valence electrons. The normalized spacial score (nSPS) is 9.80. The molecule has 0 aliphatic rings. The van der Waals surface area contributed by atoms with E-state index >= 15 is 0 Å². The van der Waals surface area contributed by atoms with Gasteiger partial charge in [-0.2, -0.15) is 0 Å². The number of carbonyl (C=O) groups is 2. The molecule has 0 fully saturated rings. The third-order valence-corrected chi connectivity index (χ3v) is 1.87. The number of hydrogen-bond donors (Lipinski definition) is 2. The molecule has 0 unspecified atom stereocenters. The second-order valence-electron chi connectivity index (χ2n) is 2.68. The topological polar surface area (TPSA) is 58.2 Å². The van der Waals surface area contributed by atoms with Crippen LogP contribution in [-0.4, -0.2) is 10.7 Å². The van der Waals surface area contributed by atoms with Gasteiger partial charge in [0.25, 0.3) is 0 Å². The first-order valence-electron chi connectivity index (χ1n) is 4.06. The minimum Gasteiger partial charge on any atom is -0.318 e. The summed E-state index contributed by atoms with van der Waals surface area (Å²) in [5.74, 6) is 0. The summed E-state index contributed by atoms with van der Waals surface area (Å²) in [6.45, 7) is 0. The molecular formula is C9H8Cl2N2O2. The number of carbonyl (C=O) groups excluding carboxylic acids is 2. The molecular weight excluding hydrogens is 239 g/mol. The zero-order valence-electron chi connectivity index (χ0n) is 7.54. The molecule has 2 N–H and O–H groups in total. The molecule has 1 aromatic carbocycles. The first kappa shape index (κ1) is 11.8. The number of benzene rings is 1. The smallest absolute Gasteiger partial charge is 0.315 e.